The molecule has 1 aliphatic heterocycles. The van der Waals surface area contributed by atoms with E-state index in [-0.39, 0.29) is 29.2 Å². The lowest BCUT2D eigenvalue weighted by Gasteiger charge is -2.30. The Balaban J connectivity index is 1.79. The summed E-state index contributed by atoms with van der Waals surface area (Å²) in [7, 11) is -4.12. The SMILES string of the molecule is C/C(N)=N\C(=N\S(=O)(=O)c1ccc(CO)cc1)N1CCC(c2ccccc2)C(c2ccc(Cl)cc2)=N1. The van der Waals surface area contributed by atoms with E-state index in [0.29, 0.717) is 23.6 Å². The van der Waals surface area contributed by atoms with Gasteiger partial charge in [-0.3, -0.25) is 0 Å². The summed E-state index contributed by atoms with van der Waals surface area (Å²) in [4.78, 5) is 4.18. The van der Waals surface area contributed by atoms with Gasteiger partial charge in [-0.25, -0.2) is 5.01 Å². The van der Waals surface area contributed by atoms with E-state index < -0.39 is 10.0 Å². The minimum atomic E-state index is -4.12. The molecule has 0 radical (unpaired) electrons. The second-order valence-corrected chi connectivity index (χ2v) is 10.3. The monoisotopic (exact) mass is 523 g/mol. The zero-order valence-corrected chi connectivity index (χ0v) is 21.2. The number of hydrogen-bond acceptors (Lipinski definition) is 4. The molecule has 3 aromatic carbocycles. The summed E-state index contributed by atoms with van der Waals surface area (Å²) in [6.07, 6.45) is 0.648. The van der Waals surface area contributed by atoms with Crippen molar-refractivity contribution in [3.8, 4) is 0 Å². The van der Waals surface area contributed by atoms with Crippen LogP contribution in [-0.4, -0.2) is 42.6 Å². The number of hydrogen-bond donors (Lipinski definition) is 2. The van der Waals surface area contributed by atoms with E-state index in [0.717, 1.165) is 16.8 Å². The molecular weight excluding hydrogens is 498 g/mol. The van der Waals surface area contributed by atoms with Gasteiger partial charge < -0.3 is 10.8 Å². The van der Waals surface area contributed by atoms with Crippen LogP contribution in [0.4, 0.5) is 0 Å². The molecule has 0 saturated heterocycles. The standard InChI is InChI=1S/C26H26ClN5O3S/c1-18(28)29-26(31-36(34,35)23-13-7-19(17-33)8-14-23)32-16-15-24(20-5-3-2-4-6-20)25(30-32)21-9-11-22(27)12-10-21/h2-14,24,33H,15-17H2,1H3,(H2,28,29,31). The quantitative estimate of drug-likeness (QED) is 0.384. The van der Waals surface area contributed by atoms with Crippen molar-refractivity contribution in [2.24, 2.45) is 20.2 Å². The van der Waals surface area contributed by atoms with E-state index in [2.05, 4.69) is 9.39 Å². The van der Waals surface area contributed by atoms with Crippen molar-refractivity contribution in [2.75, 3.05) is 6.54 Å². The van der Waals surface area contributed by atoms with Gasteiger partial charge >= 0.3 is 0 Å². The van der Waals surface area contributed by atoms with Crippen LogP contribution in [0.15, 0.2) is 98.2 Å². The van der Waals surface area contributed by atoms with Gasteiger partial charge in [-0.05, 0) is 54.3 Å². The van der Waals surface area contributed by atoms with Crippen LogP contribution >= 0.6 is 11.6 Å². The maximum absolute atomic E-state index is 13.1. The number of nitrogens with two attached hydrogens (primary N) is 1. The van der Waals surface area contributed by atoms with Gasteiger partial charge in [-0.1, -0.05) is 66.2 Å². The van der Waals surface area contributed by atoms with Gasteiger partial charge in [0, 0.05) is 17.5 Å². The predicted molar refractivity (Wildman–Crippen MR) is 143 cm³/mol. The Morgan fingerprint density at radius 3 is 2.36 bits per heavy atom. The van der Waals surface area contributed by atoms with Crippen molar-refractivity contribution in [3.05, 3.63) is 101 Å². The molecule has 0 aromatic heterocycles. The first-order chi connectivity index (χ1) is 17.3. The molecule has 3 N–H and O–H groups in total. The van der Waals surface area contributed by atoms with Gasteiger partial charge in [0.2, 0.25) is 0 Å². The molecule has 8 nitrogen and oxygen atoms in total. The molecule has 186 valence electrons. The number of rotatable bonds is 5. The Morgan fingerprint density at radius 2 is 1.75 bits per heavy atom. The third-order valence-electron chi connectivity index (χ3n) is 5.64. The van der Waals surface area contributed by atoms with Crippen molar-refractivity contribution in [1.82, 2.24) is 5.01 Å². The van der Waals surface area contributed by atoms with Crippen LogP contribution in [-0.2, 0) is 16.6 Å². The number of aliphatic hydroxyl groups excluding tert-OH is 1. The lowest BCUT2D eigenvalue weighted by atomic mass is 9.86. The van der Waals surface area contributed by atoms with Crippen molar-refractivity contribution < 1.29 is 13.5 Å². The molecule has 0 bridgehead atoms. The van der Waals surface area contributed by atoms with Crippen LogP contribution in [0.2, 0.25) is 5.02 Å². The third kappa shape index (κ3) is 5.99. The highest BCUT2D eigenvalue weighted by atomic mass is 35.5. The summed E-state index contributed by atoms with van der Waals surface area (Å²) in [6, 6.07) is 23.2. The first kappa shape index (κ1) is 25.6. The third-order valence-corrected chi connectivity index (χ3v) is 7.17. The van der Waals surface area contributed by atoms with Gasteiger partial charge in [0.05, 0.1) is 23.0 Å². The van der Waals surface area contributed by atoms with E-state index in [4.69, 9.17) is 22.4 Å². The van der Waals surface area contributed by atoms with Crippen LogP contribution < -0.4 is 5.73 Å². The normalized spacial score (nSPS) is 17.1. The Kier molecular flexibility index (Phi) is 7.83. The number of aliphatic hydroxyl groups is 1. The first-order valence-corrected chi connectivity index (χ1v) is 13.1. The second kappa shape index (κ2) is 11.0. The Morgan fingerprint density at radius 1 is 1.08 bits per heavy atom. The number of sulfonamides is 1. The number of nitrogens with zero attached hydrogens (tertiary/aromatic N) is 4. The van der Waals surface area contributed by atoms with Crippen LogP contribution in [0.1, 0.15) is 36.0 Å². The summed E-state index contributed by atoms with van der Waals surface area (Å²) in [5.41, 5.74) is 9.12. The van der Waals surface area contributed by atoms with Gasteiger partial charge in [0.25, 0.3) is 16.0 Å². The molecule has 1 heterocycles. The number of aliphatic imine (C=N–C) groups is 1. The van der Waals surface area contributed by atoms with Crippen LogP contribution in [0.3, 0.4) is 0 Å². The summed E-state index contributed by atoms with van der Waals surface area (Å²) in [5.74, 6) is 0.00248. The van der Waals surface area contributed by atoms with E-state index in [1.807, 2.05) is 42.5 Å². The highest BCUT2D eigenvalue weighted by Crippen LogP contribution is 2.30. The van der Waals surface area contributed by atoms with Gasteiger partial charge in [0.15, 0.2) is 0 Å². The van der Waals surface area contributed by atoms with Crippen LogP contribution in [0, 0.1) is 0 Å². The molecule has 3 aromatic rings. The average Bonchev–Trinajstić information content (AvgIpc) is 2.88. The van der Waals surface area contributed by atoms with Gasteiger partial charge in [0.1, 0.15) is 0 Å². The largest absolute Gasteiger partial charge is 0.392 e. The lowest BCUT2D eigenvalue weighted by Crippen LogP contribution is -2.36. The van der Waals surface area contributed by atoms with E-state index >= 15 is 0 Å². The van der Waals surface area contributed by atoms with E-state index in [1.54, 1.807) is 19.1 Å². The van der Waals surface area contributed by atoms with Gasteiger partial charge in [-0.2, -0.15) is 18.5 Å². The minimum Gasteiger partial charge on any atom is -0.392 e. The highest BCUT2D eigenvalue weighted by molar-refractivity contribution is 7.90. The Hall–Kier alpha value is -3.53. The molecular formula is C26H26ClN5O3S. The molecule has 10 heteroatoms. The minimum absolute atomic E-state index is 0.0181. The maximum atomic E-state index is 13.1. The van der Waals surface area contributed by atoms with Crippen LogP contribution in [0.25, 0.3) is 0 Å². The topological polar surface area (TPSA) is 121 Å². The Labute approximate surface area is 215 Å². The average molecular weight is 524 g/mol. The smallest absolute Gasteiger partial charge is 0.285 e. The lowest BCUT2D eigenvalue weighted by molar-refractivity contribution is 0.282. The predicted octanol–water partition coefficient (Wildman–Crippen LogP) is 4.15. The number of benzene rings is 3. The fourth-order valence-electron chi connectivity index (χ4n) is 3.88. The number of amidine groups is 1. The van der Waals surface area contributed by atoms with Crippen molar-refractivity contribution >= 4 is 39.1 Å². The highest BCUT2D eigenvalue weighted by Gasteiger charge is 2.29. The molecule has 0 amide bonds. The molecule has 4 rings (SSSR count). The van der Waals surface area contributed by atoms with Crippen molar-refractivity contribution in [3.63, 3.8) is 0 Å². The molecule has 0 spiro atoms. The zero-order valence-electron chi connectivity index (χ0n) is 19.6. The second-order valence-electron chi connectivity index (χ2n) is 8.29. The molecule has 0 saturated carbocycles. The van der Waals surface area contributed by atoms with E-state index in [1.165, 1.54) is 29.3 Å². The maximum Gasteiger partial charge on any atom is 0.285 e. The number of guanidine groups is 1. The summed E-state index contributed by atoms with van der Waals surface area (Å²) in [5, 5.41) is 16.1. The summed E-state index contributed by atoms with van der Waals surface area (Å²) >= 11 is 6.11. The molecule has 36 heavy (non-hydrogen) atoms. The fraction of sp³-hybridized carbons (Fsp3) is 0.192. The van der Waals surface area contributed by atoms with Crippen LogP contribution in [0.5, 0.6) is 0 Å². The summed E-state index contributed by atoms with van der Waals surface area (Å²) < 4.78 is 30.2. The molecule has 0 aliphatic carbocycles. The van der Waals surface area contributed by atoms with Crippen molar-refractivity contribution in [2.45, 2.75) is 30.8 Å². The number of hydrazone groups is 1. The zero-order chi connectivity index (χ0) is 25.7. The fourth-order valence-corrected chi connectivity index (χ4v) is 4.94. The van der Waals surface area contributed by atoms with Crippen molar-refractivity contribution in [1.29, 1.82) is 0 Å². The Bertz CT molecular complexity index is 1400. The molecule has 1 unspecified atom stereocenters. The molecule has 1 atom stereocenters. The van der Waals surface area contributed by atoms with E-state index in [9.17, 15) is 13.5 Å². The number of halogens is 1. The van der Waals surface area contributed by atoms with Gasteiger partial charge in [-0.15, -0.1) is 4.40 Å². The first-order valence-electron chi connectivity index (χ1n) is 11.3. The summed E-state index contributed by atoms with van der Waals surface area (Å²) in [6.45, 7) is 1.74. The molecule has 0 fully saturated rings. The molecule has 1 aliphatic rings.